The highest BCUT2D eigenvalue weighted by Crippen LogP contribution is 2.62. The zero-order valence-corrected chi connectivity index (χ0v) is 16.1. The van der Waals surface area contributed by atoms with Crippen molar-refractivity contribution in [2.45, 2.75) is 51.7 Å². The molecule has 1 aromatic rings. The zero-order chi connectivity index (χ0) is 19.1. The largest absolute Gasteiger partial charge is 0.458 e. The fourth-order valence-electron chi connectivity index (χ4n) is 5.62. The van der Waals surface area contributed by atoms with Gasteiger partial charge in [0.15, 0.2) is 0 Å². The lowest BCUT2D eigenvalue weighted by Crippen LogP contribution is -2.45. The van der Waals surface area contributed by atoms with Crippen LogP contribution in [0, 0.1) is 17.8 Å². The molecule has 1 aromatic carbocycles. The summed E-state index contributed by atoms with van der Waals surface area (Å²) in [6.45, 7) is 5.13. The van der Waals surface area contributed by atoms with Crippen LogP contribution in [0.15, 0.2) is 48.1 Å². The van der Waals surface area contributed by atoms with E-state index in [0.717, 1.165) is 12.8 Å². The first-order valence-corrected chi connectivity index (χ1v) is 9.80. The number of carbonyl (C=O) groups excluding carboxylic acids is 2. The van der Waals surface area contributed by atoms with Gasteiger partial charge in [0.05, 0.1) is 5.57 Å². The molecule has 3 aliphatic carbocycles. The molecule has 4 nitrogen and oxygen atoms in total. The van der Waals surface area contributed by atoms with E-state index < -0.39 is 0 Å². The van der Waals surface area contributed by atoms with E-state index in [9.17, 15) is 9.59 Å². The van der Waals surface area contributed by atoms with Crippen LogP contribution < -0.4 is 0 Å². The van der Waals surface area contributed by atoms with Crippen molar-refractivity contribution in [3.63, 3.8) is 0 Å². The third-order valence-electron chi connectivity index (χ3n) is 6.49. The molecule has 6 atom stereocenters. The molecule has 0 saturated heterocycles. The van der Waals surface area contributed by atoms with Crippen LogP contribution in [0.4, 0.5) is 0 Å². The van der Waals surface area contributed by atoms with Crippen molar-refractivity contribution in [2.75, 3.05) is 0 Å². The van der Waals surface area contributed by atoms with E-state index in [1.807, 2.05) is 19.9 Å². The van der Waals surface area contributed by atoms with Crippen molar-refractivity contribution in [3.05, 3.63) is 59.2 Å². The zero-order valence-electron chi connectivity index (χ0n) is 16.1. The van der Waals surface area contributed by atoms with Crippen molar-refractivity contribution in [3.8, 4) is 0 Å². The molecular weight excluding hydrogens is 340 g/mol. The molecule has 0 amide bonds. The number of fused-ring (bicyclic) bond motifs is 7. The second-order valence-electron chi connectivity index (χ2n) is 7.84. The Morgan fingerprint density at radius 1 is 1.04 bits per heavy atom. The van der Waals surface area contributed by atoms with Gasteiger partial charge in [-0.3, -0.25) is 4.79 Å². The lowest BCUT2D eigenvalue weighted by atomic mass is 9.76. The van der Waals surface area contributed by atoms with Crippen molar-refractivity contribution in [2.24, 2.45) is 17.8 Å². The first-order valence-electron chi connectivity index (χ1n) is 9.80. The molecular formula is C23H26O4. The van der Waals surface area contributed by atoms with Gasteiger partial charge in [-0.15, -0.1) is 0 Å². The molecule has 2 fully saturated rings. The second kappa shape index (κ2) is 6.99. The molecule has 4 heteroatoms. The van der Waals surface area contributed by atoms with Crippen molar-refractivity contribution in [1.29, 1.82) is 0 Å². The van der Waals surface area contributed by atoms with E-state index in [-0.39, 0.29) is 36.0 Å². The fraction of sp³-hybridized carbons (Fsp3) is 0.478. The predicted molar refractivity (Wildman–Crippen MR) is 102 cm³/mol. The van der Waals surface area contributed by atoms with Crippen molar-refractivity contribution in [1.82, 2.24) is 0 Å². The number of hydrogen-bond donors (Lipinski definition) is 0. The summed E-state index contributed by atoms with van der Waals surface area (Å²) in [4.78, 5) is 24.4. The number of ether oxygens (including phenoxy) is 2. The maximum atomic E-state index is 12.7. The maximum Gasteiger partial charge on any atom is 0.338 e. The Hall–Kier alpha value is -2.36. The highest BCUT2D eigenvalue weighted by atomic mass is 16.6. The molecule has 0 aliphatic heterocycles. The SMILES string of the molecule is C/C=C\C(=C/C)C(=O)OC1C2CC(C1OC(C)=O)C1c3ccccc3CC21. The second-order valence-corrected chi connectivity index (χ2v) is 7.84. The number of hydrogen-bond acceptors (Lipinski definition) is 4. The number of rotatable bonds is 4. The summed E-state index contributed by atoms with van der Waals surface area (Å²) in [7, 11) is 0. The molecule has 0 aromatic heterocycles. The highest BCUT2D eigenvalue weighted by Gasteiger charge is 2.63. The van der Waals surface area contributed by atoms with E-state index in [1.54, 1.807) is 12.2 Å². The molecule has 142 valence electrons. The maximum absolute atomic E-state index is 12.7. The van der Waals surface area contributed by atoms with E-state index in [2.05, 4.69) is 24.3 Å². The first kappa shape index (κ1) is 18.0. The van der Waals surface area contributed by atoms with Crippen LogP contribution in [-0.4, -0.2) is 24.1 Å². The van der Waals surface area contributed by atoms with Crippen LogP contribution in [0.25, 0.3) is 0 Å². The minimum Gasteiger partial charge on any atom is -0.458 e. The quantitative estimate of drug-likeness (QED) is 0.460. The molecule has 0 N–H and O–H groups in total. The average molecular weight is 366 g/mol. The summed E-state index contributed by atoms with van der Waals surface area (Å²) >= 11 is 0. The Morgan fingerprint density at radius 2 is 1.78 bits per heavy atom. The van der Waals surface area contributed by atoms with Gasteiger partial charge in [0.25, 0.3) is 0 Å². The van der Waals surface area contributed by atoms with E-state index in [4.69, 9.17) is 9.47 Å². The molecule has 27 heavy (non-hydrogen) atoms. The van der Waals surface area contributed by atoms with E-state index in [1.165, 1.54) is 18.1 Å². The summed E-state index contributed by atoms with van der Waals surface area (Å²) in [6.07, 6.45) is 6.59. The number of benzene rings is 1. The molecule has 3 aliphatic rings. The molecule has 0 radical (unpaired) electrons. The van der Waals surface area contributed by atoms with Gasteiger partial charge in [0, 0.05) is 18.8 Å². The molecule has 6 unspecified atom stereocenters. The van der Waals surface area contributed by atoms with Gasteiger partial charge in [-0.25, -0.2) is 4.79 Å². The monoisotopic (exact) mass is 366 g/mol. The van der Waals surface area contributed by atoms with Crippen molar-refractivity contribution < 1.29 is 19.1 Å². The molecule has 2 saturated carbocycles. The smallest absolute Gasteiger partial charge is 0.338 e. The third-order valence-corrected chi connectivity index (χ3v) is 6.49. The van der Waals surface area contributed by atoms with Gasteiger partial charge >= 0.3 is 11.9 Å². The van der Waals surface area contributed by atoms with E-state index >= 15 is 0 Å². The van der Waals surface area contributed by atoms with Gasteiger partial charge in [0.1, 0.15) is 12.2 Å². The molecule has 0 heterocycles. The van der Waals surface area contributed by atoms with Crippen LogP contribution in [0.5, 0.6) is 0 Å². The summed E-state index contributed by atoms with van der Waals surface area (Å²) in [5.74, 6) is 0.689. The Bertz CT molecular complexity index is 821. The normalized spacial score (nSPS) is 33.8. The Morgan fingerprint density at radius 3 is 2.48 bits per heavy atom. The number of allylic oxidation sites excluding steroid dienone is 2. The summed E-state index contributed by atoms with van der Waals surface area (Å²) < 4.78 is 11.6. The first-order chi connectivity index (χ1) is 13.0. The van der Waals surface area contributed by atoms with Gasteiger partial charge in [-0.1, -0.05) is 42.5 Å². The van der Waals surface area contributed by atoms with Gasteiger partial charge in [-0.05, 0) is 49.7 Å². The highest BCUT2D eigenvalue weighted by molar-refractivity contribution is 5.91. The number of carbonyl (C=O) groups is 2. The minimum absolute atomic E-state index is 0.223. The minimum atomic E-state index is -0.359. The average Bonchev–Trinajstić information content (AvgIpc) is 3.28. The lowest BCUT2D eigenvalue weighted by Gasteiger charge is -2.37. The lowest BCUT2D eigenvalue weighted by molar-refractivity contribution is -0.171. The van der Waals surface area contributed by atoms with Crippen LogP contribution in [0.2, 0.25) is 0 Å². The Balaban J connectivity index is 1.62. The van der Waals surface area contributed by atoms with Crippen LogP contribution in [0.3, 0.4) is 0 Å². The Kier molecular flexibility index (Phi) is 4.67. The molecule has 4 rings (SSSR count). The third kappa shape index (κ3) is 2.91. The standard InChI is InChI=1S/C23H26O4/c1-4-8-14(5-2)23(25)27-21-18-12-19(22(21)26-13(3)24)20-16-10-7-6-9-15(16)11-17(18)20/h4-10,17-22H,11-12H2,1-3H3/b8-4-,14-5+. The van der Waals surface area contributed by atoms with Crippen LogP contribution >= 0.6 is 0 Å². The predicted octanol–water partition coefficient (Wildman–Crippen LogP) is 3.96. The van der Waals surface area contributed by atoms with Gasteiger partial charge in [0.2, 0.25) is 0 Å². The molecule has 2 bridgehead atoms. The summed E-state index contributed by atoms with van der Waals surface area (Å²) in [5.41, 5.74) is 3.31. The topological polar surface area (TPSA) is 52.6 Å². The van der Waals surface area contributed by atoms with Crippen LogP contribution in [0.1, 0.15) is 44.2 Å². The van der Waals surface area contributed by atoms with Gasteiger partial charge < -0.3 is 9.47 Å². The van der Waals surface area contributed by atoms with E-state index in [0.29, 0.717) is 17.4 Å². The fourth-order valence-corrected chi connectivity index (χ4v) is 5.62. The van der Waals surface area contributed by atoms with Crippen molar-refractivity contribution >= 4 is 11.9 Å². The van der Waals surface area contributed by atoms with Gasteiger partial charge in [-0.2, -0.15) is 0 Å². The number of esters is 2. The molecule has 0 spiro atoms. The Labute approximate surface area is 160 Å². The summed E-state index contributed by atoms with van der Waals surface area (Å²) in [6, 6.07) is 8.56. The summed E-state index contributed by atoms with van der Waals surface area (Å²) in [5, 5.41) is 0. The van der Waals surface area contributed by atoms with Crippen LogP contribution in [-0.2, 0) is 25.5 Å².